The summed E-state index contributed by atoms with van der Waals surface area (Å²) in [5.74, 6) is 0.595. The van der Waals surface area contributed by atoms with Crippen LogP contribution in [0.15, 0.2) is 42.5 Å². The molecule has 2 aromatic carbocycles. The van der Waals surface area contributed by atoms with Gasteiger partial charge in [0.15, 0.2) is 6.61 Å². The molecule has 1 N–H and O–H groups in total. The van der Waals surface area contributed by atoms with E-state index in [1.807, 2.05) is 44.4 Å². The van der Waals surface area contributed by atoms with Crippen molar-refractivity contribution in [3.8, 4) is 16.3 Å². The van der Waals surface area contributed by atoms with Crippen LogP contribution in [0.25, 0.3) is 20.8 Å². The van der Waals surface area contributed by atoms with Crippen LogP contribution in [0.2, 0.25) is 0 Å². The molecule has 7 heteroatoms. The molecule has 1 amide bonds. The summed E-state index contributed by atoms with van der Waals surface area (Å²) in [6.07, 6.45) is 2.19. The van der Waals surface area contributed by atoms with Gasteiger partial charge in [-0.05, 0) is 57.3 Å². The molecule has 0 saturated carbocycles. The Balaban J connectivity index is 1.46. The van der Waals surface area contributed by atoms with Crippen LogP contribution in [0.4, 0.5) is 0 Å². The lowest BCUT2D eigenvalue weighted by molar-refractivity contribution is -0.123. The second-order valence-corrected chi connectivity index (χ2v) is 8.81. The smallest absolute Gasteiger partial charge is 0.258 e. The Labute approximate surface area is 180 Å². The van der Waals surface area contributed by atoms with Crippen molar-refractivity contribution in [2.75, 3.05) is 33.9 Å². The van der Waals surface area contributed by atoms with Crippen LogP contribution in [-0.4, -0.2) is 55.7 Å². The molecule has 4 rings (SSSR count). The van der Waals surface area contributed by atoms with E-state index in [2.05, 4.69) is 22.3 Å². The van der Waals surface area contributed by atoms with E-state index in [9.17, 15) is 4.79 Å². The van der Waals surface area contributed by atoms with Crippen molar-refractivity contribution in [3.05, 3.63) is 48.0 Å². The number of rotatable bonds is 8. The largest absolute Gasteiger partial charge is 0.483 e. The van der Waals surface area contributed by atoms with Crippen LogP contribution in [0.3, 0.4) is 0 Å². The number of hydrogen-bond donors (Lipinski definition) is 1. The summed E-state index contributed by atoms with van der Waals surface area (Å²) in [6.45, 7) is 2.04. The molecule has 1 aliphatic heterocycles. The first-order valence-corrected chi connectivity index (χ1v) is 11.0. The molecular weight excluding hydrogens is 398 g/mol. The predicted octanol–water partition coefficient (Wildman–Crippen LogP) is 3.70. The van der Waals surface area contributed by atoms with Crippen LogP contribution in [-0.2, 0) is 16.1 Å². The lowest BCUT2D eigenvalue weighted by Crippen LogP contribution is -2.35. The Morgan fingerprint density at radius 1 is 1.30 bits per heavy atom. The molecule has 2 heterocycles. The summed E-state index contributed by atoms with van der Waals surface area (Å²) < 4.78 is 12.6. The van der Waals surface area contributed by atoms with Crippen LogP contribution in [0, 0.1) is 0 Å². The van der Waals surface area contributed by atoms with Crippen molar-refractivity contribution in [1.29, 1.82) is 0 Å². The monoisotopic (exact) mass is 425 g/mol. The fraction of sp³-hybridized carbons (Fsp3) is 0.391. The highest BCUT2D eigenvalue weighted by molar-refractivity contribution is 7.21. The number of benzene rings is 2. The van der Waals surface area contributed by atoms with Gasteiger partial charge in [0.1, 0.15) is 10.8 Å². The Hall–Kier alpha value is -2.48. The fourth-order valence-electron chi connectivity index (χ4n) is 3.54. The Morgan fingerprint density at radius 2 is 2.17 bits per heavy atom. The van der Waals surface area contributed by atoms with Crippen LogP contribution >= 0.6 is 11.3 Å². The molecular formula is C23H27N3O3S. The summed E-state index contributed by atoms with van der Waals surface area (Å²) in [7, 11) is 4.03. The van der Waals surface area contributed by atoms with Crippen molar-refractivity contribution in [3.63, 3.8) is 0 Å². The third-order valence-electron chi connectivity index (χ3n) is 5.00. The first kappa shape index (κ1) is 20.8. The zero-order chi connectivity index (χ0) is 20.9. The zero-order valence-electron chi connectivity index (χ0n) is 17.4. The van der Waals surface area contributed by atoms with Gasteiger partial charge >= 0.3 is 0 Å². The predicted molar refractivity (Wildman–Crippen MR) is 120 cm³/mol. The van der Waals surface area contributed by atoms with Crippen LogP contribution in [0.5, 0.6) is 5.75 Å². The second-order valence-electron chi connectivity index (χ2n) is 7.77. The first-order valence-electron chi connectivity index (χ1n) is 10.2. The molecule has 6 nitrogen and oxygen atoms in total. The lowest BCUT2D eigenvalue weighted by Gasteiger charge is -2.16. The van der Waals surface area contributed by atoms with Gasteiger partial charge in [-0.15, -0.1) is 11.3 Å². The topological polar surface area (TPSA) is 63.7 Å². The number of nitrogens with zero attached hydrogens (tertiary/aromatic N) is 2. The number of thiazole rings is 1. The molecule has 0 bridgehead atoms. The number of fused-ring (bicyclic) bond motifs is 1. The standard InChI is InChI=1S/C23H27N3O3S/c1-26(2)14-17-12-16(23-25-19-7-3-4-8-21(19)30-23)9-10-20(17)29-15-22(27)24-13-18-6-5-11-28-18/h3-4,7-10,12,18H,5-6,11,13-15H2,1-2H3,(H,24,27)/t18-/m1/s1. The van der Waals surface area contributed by atoms with Crippen molar-refractivity contribution in [2.45, 2.75) is 25.5 Å². The number of para-hydroxylation sites is 1. The Morgan fingerprint density at radius 3 is 2.93 bits per heavy atom. The molecule has 1 aliphatic rings. The highest BCUT2D eigenvalue weighted by Gasteiger charge is 2.17. The SMILES string of the molecule is CN(C)Cc1cc(-c2nc3ccccc3s2)ccc1OCC(=O)NC[C@H]1CCCO1. The Bertz CT molecular complexity index is 979. The number of aromatic nitrogens is 1. The van der Waals surface area contributed by atoms with Gasteiger partial charge in [0.05, 0.1) is 16.3 Å². The summed E-state index contributed by atoms with van der Waals surface area (Å²) in [5.41, 5.74) is 3.10. The summed E-state index contributed by atoms with van der Waals surface area (Å²) >= 11 is 1.68. The van der Waals surface area contributed by atoms with Gasteiger partial charge in [-0.2, -0.15) is 0 Å². The number of ether oxygens (including phenoxy) is 2. The third kappa shape index (κ3) is 5.16. The second kappa shape index (κ2) is 9.55. The van der Waals surface area contributed by atoms with Gasteiger partial charge in [-0.1, -0.05) is 12.1 Å². The minimum Gasteiger partial charge on any atom is -0.483 e. The maximum absolute atomic E-state index is 12.2. The normalized spacial score (nSPS) is 16.3. The van der Waals surface area contributed by atoms with Crippen molar-refractivity contribution < 1.29 is 14.3 Å². The molecule has 158 valence electrons. The van der Waals surface area contributed by atoms with Gasteiger partial charge in [-0.3, -0.25) is 4.79 Å². The maximum atomic E-state index is 12.2. The average molecular weight is 426 g/mol. The van der Waals surface area contributed by atoms with Gasteiger partial charge in [0.2, 0.25) is 0 Å². The highest BCUT2D eigenvalue weighted by Crippen LogP contribution is 2.33. The molecule has 1 aromatic heterocycles. The van der Waals surface area contributed by atoms with Gasteiger partial charge in [-0.25, -0.2) is 4.98 Å². The van der Waals surface area contributed by atoms with E-state index in [1.165, 1.54) is 4.70 Å². The quantitative estimate of drug-likeness (QED) is 0.596. The maximum Gasteiger partial charge on any atom is 0.258 e. The summed E-state index contributed by atoms with van der Waals surface area (Å²) in [6, 6.07) is 14.2. The fourth-order valence-corrected chi connectivity index (χ4v) is 4.50. The molecule has 1 saturated heterocycles. The third-order valence-corrected chi connectivity index (χ3v) is 6.08. The Kier molecular flexibility index (Phi) is 6.62. The molecule has 0 radical (unpaired) electrons. The summed E-state index contributed by atoms with van der Waals surface area (Å²) in [4.78, 5) is 19.0. The molecule has 30 heavy (non-hydrogen) atoms. The number of hydrogen-bond acceptors (Lipinski definition) is 6. The van der Waals surface area contributed by atoms with Gasteiger partial charge in [0, 0.05) is 30.8 Å². The van der Waals surface area contributed by atoms with E-state index < -0.39 is 0 Å². The highest BCUT2D eigenvalue weighted by atomic mass is 32.1. The van der Waals surface area contributed by atoms with Crippen LogP contribution < -0.4 is 10.1 Å². The van der Waals surface area contributed by atoms with Crippen molar-refractivity contribution in [2.24, 2.45) is 0 Å². The van der Waals surface area contributed by atoms with E-state index in [-0.39, 0.29) is 18.6 Å². The number of carbonyl (C=O) groups is 1. The van der Waals surface area contributed by atoms with Crippen molar-refractivity contribution >= 4 is 27.5 Å². The minimum atomic E-state index is -0.128. The average Bonchev–Trinajstić information content (AvgIpc) is 3.40. The number of amides is 1. The van der Waals surface area contributed by atoms with E-state index in [1.54, 1.807) is 11.3 Å². The first-order chi connectivity index (χ1) is 14.6. The number of nitrogens with one attached hydrogen (secondary N) is 1. The van der Waals surface area contributed by atoms with E-state index in [4.69, 9.17) is 14.5 Å². The molecule has 0 aliphatic carbocycles. The molecule has 3 aromatic rings. The minimum absolute atomic E-state index is 0.00632. The molecule has 1 atom stereocenters. The summed E-state index contributed by atoms with van der Waals surface area (Å²) in [5, 5.41) is 3.88. The molecule has 0 unspecified atom stereocenters. The number of carbonyl (C=O) groups excluding carboxylic acids is 1. The van der Waals surface area contributed by atoms with Gasteiger partial charge < -0.3 is 19.7 Å². The molecule has 0 spiro atoms. The van der Waals surface area contributed by atoms with Gasteiger partial charge in [0.25, 0.3) is 5.91 Å². The lowest BCUT2D eigenvalue weighted by atomic mass is 10.1. The van der Waals surface area contributed by atoms with E-state index in [0.29, 0.717) is 13.1 Å². The van der Waals surface area contributed by atoms with E-state index in [0.717, 1.165) is 46.8 Å². The van der Waals surface area contributed by atoms with Crippen molar-refractivity contribution in [1.82, 2.24) is 15.2 Å². The molecule has 1 fully saturated rings. The van der Waals surface area contributed by atoms with Crippen LogP contribution in [0.1, 0.15) is 18.4 Å². The zero-order valence-corrected chi connectivity index (χ0v) is 18.2. The van der Waals surface area contributed by atoms with E-state index >= 15 is 0 Å².